The number of aliphatic hydroxyl groups excluding tert-OH is 1. The van der Waals surface area contributed by atoms with Crippen molar-refractivity contribution in [3.8, 4) is 0 Å². The molecule has 2 N–H and O–H groups in total. The number of aliphatic hydroxyl groups is 1. The molecule has 3 rings (SSSR count). The molecule has 37 heavy (non-hydrogen) atoms. The molecule has 0 bridgehead atoms. The Morgan fingerprint density at radius 1 is 1.16 bits per heavy atom. The summed E-state index contributed by atoms with van der Waals surface area (Å²) in [5, 5.41) is 12.2. The van der Waals surface area contributed by atoms with E-state index in [-0.39, 0.29) is 19.1 Å². The summed E-state index contributed by atoms with van der Waals surface area (Å²) >= 11 is 1.86. The SMILES string of the molecule is CC.CCSC.O=C(CN=CC1=CCCCC=C1)Nc1ccc(N(CCO)CCc2ccccc2)nc1. The Morgan fingerprint density at radius 2 is 1.92 bits per heavy atom. The monoisotopic (exact) mass is 524 g/mol. The van der Waals surface area contributed by atoms with E-state index in [1.54, 1.807) is 12.4 Å². The summed E-state index contributed by atoms with van der Waals surface area (Å²) in [5.41, 5.74) is 2.92. The van der Waals surface area contributed by atoms with E-state index in [1.807, 2.05) is 66.9 Å². The molecule has 1 aliphatic carbocycles. The van der Waals surface area contributed by atoms with E-state index in [0.717, 1.165) is 43.6 Å². The topological polar surface area (TPSA) is 77.8 Å². The molecule has 7 heteroatoms. The number of carbonyl (C=O) groups is 1. The van der Waals surface area contributed by atoms with Gasteiger partial charge in [-0.3, -0.25) is 9.79 Å². The molecule has 0 saturated carbocycles. The number of rotatable bonds is 11. The molecule has 1 aliphatic rings. The largest absolute Gasteiger partial charge is 0.395 e. The van der Waals surface area contributed by atoms with Crippen LogP contribution < -0.4 is 10.2 Å². The molecule has 0 radical (unpaired) electrons. The predicted octanol–water partition coefficient (Wildman–Crippen LogP) is 6.19. The van der Waals surface area contributed by atoms with Gasteiger partial charge in [-0.2, -0.15) is 11.8 Å². The Morgan fingerprint density at radius 3 is 2.57 bits per heavy atom. The summed E-state index contributed by atoms with van der Waals surface area (Å²) in [6.45, 7) is 7.52. The number of amides is 1. The molecular weight excluding hydrogens is 480 g/mol. The van der Waals surface area contributed by atoms with Crippen molar-refractivity contribution in [2.75, 3.05) is 48.5 Å². The molecule has 1 aromatic heterocycles. The van der Waals surface area contributed by atoms with Gasteiger partial charge in [0.05, 0.1) is 18.5 Å². The number of thioether (sulfide) groups is 1. The van der Waals surface area contributed by atoms with E-state index in [2.05, 4.69) is 52.8 Å². The highest BCUT2D eigenvalue weighted by atomic mass is 32.2. The van der Waals surface area contributed by atoms with Gasteiger partial charge in [0.25, 0.3) is 0 Å². The zero-order valence-electron chi connectivity index (χ0n) is 22.9. The van der Waals surface area contributed by atoms with Crippen molar-refractivity contribution in [1.29, 1.82) is 0 Å². The lowest BCUT2D eigenvalue weighted by atomic mass is 10.1. The number of aliphatic imine (C=N–C) groups is 1. The lowest BCUT2D eigenvalue weighted by Gasteiger charge is -2.23. The molecule has 6 nitrogen and oxygen atoms in total. The molecule has 0 fully saturated rings. The normalized spacial score (nSPS) is 12.4. The number of benzene rings is 1. The van der Waals surface area contributed by atoms with Gasteiger partial charge in [-0.05, 0) is 61.0 Å². The number of anilines is 2. The first kappa shape index (κ1) is 32.1. The highest BCUT2D eigenvalue weighted by Crippen LogP contribution is 2.15. The summed E-state index contributed by atoms with van der Waals surface area (Å²) in [6.07, 6.45) is 16.0. The first-order valence-corrected chi connectivity index (χ1v) is 14.6. The fourth-order valence-corrected chi connectivity index (χ4v) is 3.34. The van der Waals surface area contributed by atoms with Gasteiger partial charge in [0.15, 0.2) is 0 Å². The number of hydrogen-bond acceptors (Lipinski definition) is 6. The zero-order valence-corrected chi connectivity index (χ0v) is 23.7. The van der Waals surface area contributed by atoms with Crippen molar-refractivity contribution in [3.63, 3.8) is 0 Å². The van der Waals surface area contributed by atoms with Crippen LogP contribution in [0.25, 0.3) is 0 Å². The minimum atomic E-state index is -0.180. The van der Waals surface area contributed by atoms with Gasteiger partial charge in [0.1, 0.15) is 12.4 Å². The molecule has 0 aliphatic heterocycles. The summed E-state index contributed by atoms with van der Waals surface area (Å²) in [6, 6.07) is 13.9. The van der Waals surface area contributed by atoms with Gasteiger partial charge >= 0.3 is 0 Å². The number of hydrogen-bond donors (Lipinski definition) is 2. The molecule has 0 saturated heterocycles. The van der Waals surface area contributed by atoms with Crippen LogP contribution in [0.2, 0.25) is 0 Å². The molecule has 0 atom stereocenters. The molecule has 202 valence electrons. The van der Waals surface area contributed by atoms with Crippen molar-refractivity contribution < 1.29 is 9.90 Å². The van der Waals surface area contributed by atoms with Gasteiger partial charge in [-0.15, -0.1) is 0 Å². The second-order valence-corrected chi connectivity index (χ2v) is 9.14. The van der Waals surface area contributed by atoms with Crippen LogP contribution in [-0.2, 0) is 11.2 Å². The highest BCUT2D eigenvalue weighted by Gasteiger charge is 2.09. The summed E-state index contributed by atoms with van der Waals surface area (Å²) in [7, 11) is 0. The van der Waals surface area contributed by atoms with Crippen molar-refractivity contribution in [2.45, 2.75) is 46.5 Å². The zero-order chi connectivity index (χ0) is 27.1. The maximum Gasteiger partial charge on any atom is 0.246 e. The summed E-state index contributed by atoms with van der Waals surface area (Å²) < 4.78 is 0. The highest BCUT2D eigenvalue weighted by molar-refractivity contribution is 7.98. The molecule has 0 unspecified atom stereocenters. The molecule has 1 aromatic carbocycles. The van der Waals surface area contributed by atoms with Crippen LogP contribution in [0.4, 0.5) is 11.5 Å². The van der Waals surface area contributed by atoms with E-state index < -0.39 is 0 Å². The summed E-state index contributed by atoms with van der Waals surface area (Å²) in [5.74, 6) is 1.83. The molecular formula is C30H44N4O2S. The first-order valence-electron chi connectivity index (χ1n) is 13.2. The Bertz CT molecular complexity index is 942. The van der Waals surface area contributed by atoms with Crippen LogP contribution in [-0.4, -0.2) is 60.5 Å². The van der Waals surface area contributed by atoms with Crippen molar-refractivity contribution >= 4 is 35.4 Å². The molecule has 1 amide bonds. The number of nitrogens with one attached hydrogen (secondary N) is 1. The van der Waals surface area contributed by atoms with E-state index in [0.29, 0.717) is 12.2 Å². The number of aromatic nitrogens is 1. The Kier molecular flexibility index (Phi) is 18.4. The van der Waals surface area contributed by atoms with Crippen LogP contribution in [0.5, 0.6) is 0 Å². The van der Waals surface area contributed by atoms with Crippen molar-refractivity contribution in [1.82, 2.24) is 4.98 Å². The maximum absolute atomic E-state index is 12.2. The van der Waals surface area contributed by atoms with E-state index in [4.69, 9.17) is 0 Å². The first-order chi connectivity index (χ1) is 18.2. The lowest BCUT2D eigenvalue weighted by molar-refractivity contribution is -0.114. The van der Waals surface area contributed by atoms with Gasteiger partial charge in [0.2, 0.25) is 5.91 Å². The Balaban J connectivity index is 0.00000104. The van der Waals surface area contributed by atoms with Gasteiger partial charge < -0.3 is 15.3 Å². The molecule has 2 aromatic rings. The lowest BCUT2D eigenvalue weighted by Crippen LogP contribution is -2.29. The minimum absolute atomic E-state index is 0.0542. The molecule has 1 heterocycles. The predicted molar refractivity (Wildman–Crippen MR) is 162 cm³/mol. The standard InChI is InChI=1S/C25H30N4O2.C3H8S.C2H6/c30-17-16-29(15-14-21-8-6-3-7-9-21)24-13-12-23(19-27-24)28-25(31)20-26-18-22-10-4-1-2-5-11-22;1-3-4-2;1-2/h3-4,6-13,18-19,30H,1-2,5,14-17,20H2,(H,28,31);3H2,1-2H3;1-2H3. The van der Waals surface area contributed by atoms with Crippen LogP contribution in [0, 0.1) is 0 Å². The second-order valence-electron chi connectivity index (χ2n) is 7.98. The number of pyridine rings is 1. The number of nitrogens with zero attached hydrogens (tertiary/aromatic N) is 3. The summed E-state index contributed by atoms with van der Waals surface area (Å²) in [4.78, 5) is 22.9. The third kappa shape index (κ3) is 14.4. The Hall–Kier alpha value is -2.90. The maximum atomic E-state index is 12.2. The molecule has 0 spiro atoms. The van der Waals surface area contributed by atoms with Crippen LogP contribution in [0.1, 0.15) is 45.6 Å². The Labute approximate surface area is 228 Å². The smallest absolute Gasteiger partial charge is 0.246 e. The van der Waals surface area contributed by atoms with E-state index >= 15 is 0 Å². The fourth-order valence-electron chi connectivity index (χ4n) is 3.34. The van der Waals surface area contributed by atoms with Gasteiger partial charge in [0, 0.05) is 19.3 Å². The van der Waals surface area contributed by atoms with E-state index in [9.17, 15) is 9.90 Å². The number of carbonyl (C=O) groups excluding carboxylic acids is 1. The van der Waals surface area contributed by atoms with Crippen LogP contribution in [0.3, 0.4) is 0 Å². The van der Waals surface area contributed by atoms with Crippen molar-refractivity contribution in [3.05, 3.63) is 78.0 Å². The average Bonchev–Trinajstić information content (AvgIpc) is 3.22. The quantitative estimate of drug-likeness (QED) is 0.343. The van der Waals surface area contributed by atoms with Crippen LogP contribution >= 0.6 is 11.8 Å². The third-order valence-corrected chi connectivity index (χ3v) is 5.85. The van der Waals surface area contributed by atoms with Gasteiger partial charge in [-0.25, -0.2) is 4.98 Å². The van der Waals surface area contributed by atoms with Crippen molar-refractivity contribution in [2.24, 2.45) is 4.99 Å². The van der Waals surface area contributed by atoms with Crippen LogP contribution in [0.15, 0.2) is 77.5 Å². The van der Waals surface area contributed by atoms with Gasteiger partial charge in [-0.1, -0.05) is 69.3 Å². The van der Waals surface area contributed by atoms with E-state index in [1.165, 1.54) is 11.3 Å². The second kappa shape index (κ2) is 21.2. The third-order valence-electron chi connectivity index (χ3n) is 5.27. The number of allylic oxidation sites excluding steroid dienone is 4. The fraction of sp³-hybridized carbons (Fsp3) is 0.433. The minimum Gasteiger partial charge on any atom is -0.395 e. The average molecular weight is 525 g/mol.